The first-order valence-corrected chi connectivity index (χ1v) is 5.12. The van der Waals surface area contributed by atoms with Gasteiger partial charge < -0.3 is 15.6 Å². The summed E-state index contributed by atoms with van der Waals surface area (Å²) in [7, 11) is 1.48. The lowest BCUT2D eigenvalue weighted by Gasteiger charge is -2.25. The predicted molar refractivity (Wildman–Crippen MR) is 63.1 cm³/mol. The highest BCUT2D eigenvalue weighted by Gasteiger charge is 2.32. The summed E-state index contributed by atoms with van der Waals surface area (Å²) in [5.41, 5.74) is 5.06. The van der Waals surface area contributed by atoms with E-state index in [2.05, 4.69) is 0 Å². The van der Waals surface area contributed by atoms with E-state index in [4.69, 9.17) is 10.5 Å². The van der Waals surface area contributed by atoms with Crippen LogP contribution in [0.3, 0.4) is 0 Å². The summed E-state index contributed by atoms with van der Waals surface area (Å²) < 4.78 is 5.03. The van der Waals surface area contributed by atoms with Crippen LogP contribution in [0.1, 0.15) is 12.5 Å². The minimum absolute atomic E-state index is 0.0622. The van der Waals surface area contributed by atoms with Gasteiger partial charge >= 0.3 is 0 Å². The van der Waals surface area contributed by atoms with Crippen molar-refractivity contribution < 1.29 is 14.8 Å². The molecule has 94 valence electrons. The van der Waals surface area contributed by atoms with Crippen molar-refractivity contribution in [2.45, 2.75) is 12.3 Å². The standard InChI is InChI=1S/C11H16N2O4/c1-11(6-12,7-14)9-5-8(17-2)3-4-10(9)13(15)16/h3-5,14H,6-7,12H2,1-2H3. The molecule has 1 atom stereocenters. The number of nitrogens with two attached hydrogens (primary N) is 1. The Balaban J connectivity index is 3.40. The summed E-state index contributed by atoms with van der Waals surface area (Å²) in [6.07, 6.45) is 0. The van der Waals surface area contributed by atoms with Crippen LogP contribution >= 0.6 is 0 Å². The Labute approximate surface area is 99.2 Å². The topological polar surface area (TPSA) is 98.6 Å². The maximum Gasteiger partial charge on any atom is 0.273 e. The van der Waals surface area contributed by atoms with Crippen LogP contribution in [-0.4, -0.2) is 30.3 Å². The van der Waals surface area contributed by atoms with Crippen molar-refractivity contribution in [1.29, 1.82) is 0 Å². The van der Waals surface area contributed by atoms with Gasteiger partial charge in [0, 0.05) is 23.6 Å². The second kappa shape index (κ2) is 5.11. The van der Waals surface area contributed by atoms with Crippen molar-refractivity contribution in [2.24, 2.45) is 5.73 Å². The Morgan fingerprint density at radius 2 is 2.24 bits per heavy atom. The molecule has 0 spiro atoms. The normalized spacial score (nSPS) is 14.1. The predicted octanol–water partition coefficient (Wildman–Crippen LogP) is 0.812. The van der Waals surface area contributed by atoms with E-state index >= 15 is 0 Å². The first-order chi connectivity index (χ1) is 7.98. The molecule has 1 rings (SSSR count). The third kappa shape index (κ3) is 2.54. The molecule has 1 aromatic rings. The molecule has 0 aromatic heterocycles. The molecule has 1 aromatic carbocycles. The fourth-order valence-electron chi connectivity index (χ4n) is 1.54. The van der Waals surface area contributed by atoms with Gasteiger partial charge in [-0.2, -0.15) is 0 Å². The summed E-state index contributed by atoms with van der Waals surface area (Å²) in [6.45, 7) is 1.52. The molecule has 0 aliphatic carbocycles. The third-order valence-electron chi connectivity index (χ3n) is 2.85. The van der Waals surface area contributed by atoms with E-state index < -0.39 is 10.3 Å². The number of hydrogen-bond donors (Lipinski definition) is 2. The highest BCUT2D eigenvalue weighted by atomic mass is 16.6. The van der Waals surface area contributed by atoms with Crippen molar-refractivity contribution in [1.82, 2.24) is 0 Å². The molecule has 6 nitrogen and oxygen atoms in total. The van der Waals surface area contributed by atoms with Gasteiger partial charge in [0.2, 0.25) is 0 Å². The van der Waals surface area contributed by atoms with Gasteiger partial charge in [-0.15, -0.1) is 0 Å². The molecule has 3 N–H and O–H groups in total. The Hall–Kier alpha value is -1.66. The van der Waals surface area contributed by atoms with Gasteiger partial charge in [-0.1, -0.05) is 6.92 Å². The quantitative estimate of drug-likeness (QED) is 0.586. The zero-order valence-electron chi connectivity index (χ0n) is 9.84. The van der Waals surface area contributed by atoms with Gasteiger partial charge in [0.1, 0.15) is 5.75 Å². The minimum atomic E-state index is -0.850. The van der Waals surface area contributed by atoms with E-state index in [1.807, 2.05) is 0 Å². The molecule has 6 heteroatoms. The number of ether oxygens (including phenoxy) is 1. The number of methoxy groups -OCH3 is 1. The van der Waals surface area contributed by atoms with Crippen LogP contribution in [0.5, 0.6) is 5.75 Å². The van der Waals surface area contributed by atoms with Crippen LogP contribution < -0.4 is 10.5 Å². The monoisotopic (exact) mass is 240 g/mol. The Morgan fingerprint density at radius 1 is 1.59 bits per heavy atom. The summed E-state index contributed by atoms with van der Waals surface area (Å²) in [5, 5.41) is 20.3. The zero-order chi connectivity index (χ0) is 13.1. The van der Waals surface area contributed by atoms with Gasteiger partial charge in [0.25, 0.3) is 5.69 Å². The summed E-state index contributed by atoms with van der Waals surface area (Å²) in [4.78, 5) is 10.5. The number of hydrogen-bond acceptors (Lipinski definition) is 5. The molecule has 0 saturated heterocycles. The van der Waals surface area contributed by atoms with Crippen molar-refractivity contribution >= 4 is 5.69 Å². The van der Waals surface area contributed by atoms with Crippen molar-refractivity contribution in [3.63, 3.8) is 0 Å². The van der Waals surface area contributed by atoms with E-state index in [9.17, 15) is 15.2 Å². The number of aliphatic hydroxyl groups excluding tert-OH is 1. The largest absolute Gasteiger partial charge is 0.497 e. The van der Waals surface area contributed by atoms with E-state index in [1.165, 1.54) is 19.2 Å². The van der Waals surface area contributed by atoms with Crippen LogP contribution in [0, 0.1) is 10.1 Å². The van der Waals surface area contributed by atoms with E-state index in [0.717, 1.165) is 0 Å². The maximum absolute atomic E-state index is 10.9. The van der Waals surface area contributed by atoms with E-state index in [-0.39, 0.29) is 18.8 Å². The number of nitro benzene ring substituents is 1. The molecule has 0 heterocycles. The summed E-state index contributed by atoms with van der Waals surface area (Å²) in [5.74, 6) is 0.499. The molecule has 0 aliphatic rings. The number of nitro groups is 1. The van der Waals surface area contributed by atoms with E-state index in [0.29, 0.717) is 11.3 Å². The number of benzene rings is 1. The third-order valence-corrected chi connectivity index (χ3v) is 2.85. The average Bonchev–Trinajstić information content (AvgIpc) is 2.36. The van der Waals surface area contributed by atoms with Gasteiger partial charge in [-0.25, -0.2) is 0 Å². The van der Waals surface area contributed by atoms with Crippen molar-refractivity contribution in [3.8, 4) is 5.75 Å². The SMILES string of the molecule is COc1ccc([N+](=O)[O-])c(C(C)(CN)CO)c1. The first kappa shape index (κ1) is 13.4. The molecule has 1 unspecified atom stereocenters. The highest BCUT2D eigenvalue weighted by molar-refractivity contribution is 5.49. The summed E-state index contributed by atoms with van der Waals surface area (Å²) >= 11 is 0. The lowest BCUT2D eigenvalue weighted by Crippen LogP contribution is -2.36. The smallest absolute Gasteiger partial charge is 0.273 e. The van der Waals surface area contributed by atoms with Crippen LogP contribution in [0.4, 0.5) is 5.69 Å². The molecule has 0 saturated carbocycles. The second-order valence-electron chi connectivity index (χ2n) is 4.06. The molecule has 0 fully saturated rings. The van der Waals surface area contributed by atoms with Crippen molar-refractivity contribution in [3.05, 3.63) is 33.9 Å². The van der Waals surface area contributed by atoms with Gasteiger partial charge in [0.05, 0.1) is 18.6 Å². The van der Waals surface area contributed by atoms with Crippen LogP contribution in [0.15, 0.2) is 18.2 Å². The molecule has 17 heavy (non-hydrogen) atoms. The number of aliphatic hydroxyl groups is 1. The van der Waals surface area contributed by atoms with Crippen molar-refractivity contribution in [2.75, 3.05) is 20.3 Å². The average molecular weight is 240 g/mol. The lowest BCUT2D eigenvalue weighted by atomic mass is 9.82. The second-order valence-corrected chi connectivity index (χ2v) is 4.06. The minimum Gasteiger partial charge on any atom is -0.497 e. The van der Waals surface area contributed by atoms with Crippen LogP contribution in [0.2, 0.25) is 0 Å². The Morgan fingerprint density at radius 3 is 2.65 bits per heavy atom. The van der Waals surface area contributed by atoms with Gasteiger partial charge in [-0.3, -0.25) is 10.1 Å². The van der Waals surface area contributed by atoms with Gasteiger partial charge in [0.15, 0.2) is 0 Å². The lowest BCUT2D eigenvalue weighted by molar-refractivity contribution is -0.386. The van der Waals surface area contributed by atoms with Crippen LogP contribution in [0.25, 0.3) is 0 Å². The molecular weight excluding hydrogens is 224 g/mol. The first-order valence-electron chi connectivity index (χ1n) is 5.12. The van der Waals surface area contributed by atoms with Gasteiger partial charge in [-0.05, 0) is 12.1 Å². The Kier molecular flexibility index (Phi) is 4.03. The summed E-state index contributed by atoms with van der Waals surface area (Å²) in [6, 6.07) is 4.41. The number of rotatable bonds is 5. The highest BCUT2D eigenvalue weighted by Crippen LogP contribution is 2.33. The molecule has 0 aliphatic heterocycles. The fraction of sp³-hybridized carbons (Fsp3) is 0.455. The maximum atomic E-state index is 10.9. The molecule has 0 bridgehead atoms. The molecular formula is C11H16N2O4. The number of nitrogens with zero attached hydrogens (tertiary/aromatic N) is 1. The zero-order valence-corrected chi connectivity index (χ0v) is 9.84. The molecule has 0 radical (unpaired) electrons. The van der Waals surface area contributed by atoms with E-state index in [1.54, 1.807) is 13.0 Å². The fourth-order valence-corrected chi connectivity index (χ4v) is 1.54. The molecule has 0 amide bonds. The Bertz CT molecular complexity index is 416. The van der Waals surface area contributed by atoms with Crippen LogP contribution in [-0.2, 0) is 5.41 Å².